The largest absolute Gasteiger partial charge is 0.455 e. The summed E-state index contributed by atoms with van der Waals surface area (Å²) < 4.78 is 6.75. The molecule has 0 spiro atoms. The zero-order valence-corrected chi connectivity index (χ0v) is 27.5. The van der Waals surface area contributed by atoms with Crippen LogP contribution in [-0.4, -0.2) is 15.0 Å². The number of benzene rings is 8. The Kier molecular flexibility index (Phi) is 6.78. The zero-order valence-electron chi connectivity index (χ0n) is 27.5. The molecule has 0 fully saturated rings. The van der Waals surface area contributed by atoms with Crippen molar-refractivity contribution in [3.63, 3.8) is 0 Å². The predicted octanol–water partition coefficient (Wildman–Crippen LogP) is 12.4. The fourth-order valence-electron chi connectivity index (χ4n) is 7.22. The molecule has 0 radical (unpaired) electrons. The highest BCUT2D eigenvalue weighted by molar-refractivity contribution is 6.21. The van der Waals surface area contributed by atoms with E-state index in [1.807, 2.05) is 48.5 Å². The molecule has 0 amide bonds. The topological polar surface area (TPSA) is 51.8 Å². The van der Waals surface area contributed by atoms with Crippen molar-refractivity contribution in [1.82, 2.24) is 15.0 Å². The molecule has 0 aliphatic heterocycles. The number of furan rings is 1. The van der Waals surface area contributed by atoms with Crippen LogP contribution < -0.4 is 0 Å². The first kappa shape index (κ1) is 29.0. The first-order valence-corrected chi connectivity index (χ1v) is 17.1. The van der Waals surface area contributed by atoms with Gasteiger partial charge in [0.1, 0.15) is 11.2 Å². The minimum atomic E-state index is 0.597. The van der Waals surface area contributed by atoms with Crippen LogP contribution in [0.1, 0.15) is 0 Å². The lowest BCUT2D eigenvalue weighted by Gasteiger charge is -2.10. The van der Waals surface area contributed by atoms with Crippen LogP contribution in [0.5, 0.6) is 0 Å². The van der Waals surface area contributed by atoms with Gasteiger partial charge in [-0.05, 0) is 56.4 Å². The molecule has 4 heteroatoms. The number of fused-ring (bicyclic) bond motifs is 5. The molecule has 0 atom stereocenters. The Morgan fingerprint density at radius 1 is 0.353 bits per heavy atom. The molecular weight excluding hydrogens is 623 g/mol. The standard InChI is InChI=1S/C47H29N3O/c1-3-13-32(14-4-1)42-38-19-10-9-18-37(38)29-40-43-39(20-11-21-41(43)51-44(40)42)47-49-45(33-15-5-2-6-16-33)48-46(50-47)34-25-22-31(23-26-34)36-27-24-30-12-7-8-17-35(30)28-36/h1-29H. The molecule has 238 valence electrons. The molecule has 0 aliphatic carbocycles. The molecule has 2 heterocycles. The fraction of sp³-hybridized carbons (Fsp3) is 0. The van der Waals surface area contributed by atoms with Crippen LogP contribution in [-0.2, 0) is 0 Å². The van der Waals surface area contributed by atoms with Crippen molar-refractivity contribution in [3.05, 3.63) is 176 Å². The quantitative estimate of drug-likeness (QED) is 0.186. The van der Waals surface area contributed by atoms with Crippen molar-refractivity contribution in [3.8, 4) is 56.4 Å². The van der Waals surface area contributed by atoms with Crippen molar-refractivity contribution in [2.75, 3.05) is 0 Å². The summed E-state index contributed by atoms with van der Waals surface area (Å²) in [5, 5.41) is 6.76. The van der Waals surface area contributed by atoms with Gasteiger partial charge in [0, 0.05) is 33.0 Å². The Morgan fingerprint density at radius 2 is 0.941 bits per heavy atom. The van der Waals surface area contributed by atoms with E-state index in [0.29, 0.717) is 17.5 Å². The highest BCUT2D eigenvalue weighted by Crippen LogP contribution is 2.44. The second kappa shape index (κ2) is 11.9. The molecular formula is C47H29N3O. The van der Waals surface area contributed by atoms with E-state index >= 15 is 0 Å². The van der Waals surface area contributed by atoms with Gasteiger partial charge in [-0.1, -0.05) is 158 Å². The number of nitrogens with zero attached hydrogens (tertiary/aromatic N) is 3. The lowest BCUT2D eigenvalue weighted by Crippen LogP contribution is -2.00. The third kappa shape index (κ3) is 5.04. The summed E-state index contributed by atoms with van der Waals surface area (Å²) in [6.07, 6.45) is 0. The molecule has 0 N–H and O–H groups in total. The van der Waals surface area contributed by atoms with Gasteiger partial charge in [-0.25, -0.2) is 15.0 Å². The van der Waals surface area contributed by atoms with Gasteiger partial charge in [0.05, 0.1) is 0 Å². The fourth-order valence-corrected chi connectivity index (χ4v) is 7.22. The maximum Gasteiger partial charge on any atom is 0.164 e. The third-order valence-electron chi connectivity index (χ3n) is 9.71. The number of aromatic nitrogens is 3. The molecule has 51 heavy (non-hydrogen) atoms. The van der Waals surface area contributed by atoms with Gasteiger partial charge >= 0.3 is 0 Å². The van der Waals surface area contributed by atoms with Crippen molar-refractivity contribution in [2.45, 2.75) is 0 Å². The first-order valence-electron chi connectivity index (χ1n) is 17.1. The lowest BCUT2D eigenvalue weighted by molar-refractivity contribution is 0.670. The molecule has 2 aromatic heterocycles. The van der Waals surface area contributed by atoms with E-state index in [4.69, 9.17) is 19.4 Å². The van der Waals surface area contributed by atoms with E-state index in [-0.39, 0.29) is 0 Å². The lowest BCUT2D eigenvalue weighted by atomic mass is 9.94. The van der Waals surface area contributed by atoms with E-state index in [1.165, 1.54) is 16.3 Å². The number of hydrogen-bond acceptors (Lipinski definition) is 4. The molecule has 4 nitrogen and oxygen atoms in total. The minimum Gasteiger partial charge on any atom is -0.455 e. The molecule has 10 rings (SSSR count). The summed E-state index contributed by atoms with van der Waals surface area (Å²) >= 11 is 0. The van der Waals surface area contributed by atoms with Crippen LogP contribution in [0.4, 0.5) is 0 Å². The first-order chi connectivity index (χ1) is 25.3. The van der Waals surface area contributed by atoms with Gasteiger partial charge in [0.25, 0.3) is 0 Å². The summed E-state index contributed by atoms with van der Waals surface area (Å²) in [5.41, 5.74) is 8.88. The molecule has 0 saturated carbocycles. The molecule has 0 unspecified atom stereocenters. The smallest absolute Gasteiger partial charge is 0.164 e. The Balaban J connectivity index is 1.17. The predicted molar refractivity (Wildman–Crippen MR) is 209 cm³/mol. The van der Waals surface area contributed by atoms with E-state index in [1.54, 1.807) is 0 Å². The van der Waals surface area contributed by atoms with Crippen molar-refractivity contribution in [2.24, 2.45) is 0 Å². The Morgan fingerprint density at radius 3 is 1.71 bits per heavy atom. The van der Waals surface area contributed by atoms with Crippen molar-refractivity contribution >= 4 is 43.5 Å². The summed E-state index contributed by atoms with van der Waals surface area (Å²) in [4.78, 5) is 15.3. The molecule has 0 saturated heterocycles. The van der Waals surface area contributed by atoms with Crippen LogP contribution >= 0.6 is 0 Å². The van der Waals surface area contributed by atoms with Crippen LogP contribution in [0.2, 0.25) is 0 Å². The highest BCUT2D eigenvalue weighted by atomic mass is 16.3. The van der Waals surface area contributed by atoms with Gasteiger partial charge in [0.15, 0.2) is 17.5 Å². The summed E-state index contributed by atoms with van der Waals surface area (Å²) in [5.74, 6) is 1.83. The summed E-state index contributed by atoms with van der Waals surface area (Å²) in [7, 11) is 0. The van der Waals surface area contributed by atoms with Gasteiger partial charge in [0.2, 0.25) is 0 Å². The summed E-state index contributed by atoms with van der Waals surface area (Å²) in [6.45, 7) is 0. The van der Waals surface area contributed by atoms with Gasteiger partial charge in [-0.3, -0.25) is 0 Å². The second-order valence-corrected chi connectivity index (χ2v) is 12.8. The average molecular weight is 652 g/mol. The highest BCUT2D eigenvalue weighted by Gasteiger charge is 2.21. The van der Waals surface area contributed by atoms with E-state index in [9.17, 15) is 0 Å². The Bertz CT molecular complexity index is 2900. The van der Waals surface area contributed by atoms with Crippen LogP contribution in [0, 0.1) is 0 Å². The van der Waals surface area contributed by atoms with E-state index < -0.39 is 0 Å². The van der Waals surface area contributed by atoms with Crippen molar-refractivity contribution in [1.29, 1.82) is 0 Å². The number of hydrogen-bond donors (Lipinski definition) is 0. The van der Waals surface area contributed by atoms with E-state index in [0.717, 1.165) is 66.1 Å². The molecule has 0 aliphatic rings. The number of rotatable bonds is 5. The maximum atomic E-state index is 6.75. The SMILES string of the molecule is c1ccc(-c2nc(-c3ccc(-c4ccc5ccccc5c4)cc3)nc(-c3cccc4oc5c(-c6ccccc6)c6ccccc6cc5c34)n2)cc1. The Labute approximate surface area is 294 Å². The normalized spacial score (nSPS) is 11.5. The van der Waals surface area contributed by atoms with Gasteiger partial charge in [-0.15, -0.1) is 0 Å². The monoisotopic (exact) mass is 651 g/mol. The van der Waals surface area contributed by atoms with Crippen LogP contribution in [0.15, 0.2) is 180 Å². The maximum absolute atomic E-state index is 6.75. The summed E-state index contributed by atoms with van der Waals surface area (Å²) in [6, 6.07) is 61.0. The Hall–Kier alpha value is -6.91. The minimum absolute atomic E-state index is 0.597. The molecule has 8 aromatic carbocycles. The van der Waals surface area contributed by atoms with E-state index in [2.05, 4.69) is 127 Å². The average Bonchev–Trinajstić information content (AvgIpc) is 3.58. The van der Waals surface area contributed by atoms with Crippen LogP contribution in [0.3, 0.4) is 0 Å². The molecule has 0 bridgehead atoms. The van der Waals surface area contributed by atoms with Crippen molar-refractivity contribution < 1.29 is 4.42 Å². The van der Waals surface area contributed by atoms with Gasteiger partial charge in [-0.2, -0.15) is 0 Å². The third-order valence-corrected chi connectivity index (χ3v) is 9.71. The van der Waals surface area contributed by atoms with Gasteiger partial charge < -0.3 is 4.42 Å². The second-order valence-electron chi connectivity index (χ2n) is 12.8. The zero-order chi connectivity index (χ0) is 33.7. The van der Waals surface area contributed by atoms with Crippen LogP contribution in [0.25, 0.3) is 99.9 Å². The molecule has 10 aromatic rings.